The average molecular weight is 237 g/mol. The third-order valence-electron chi connectivity index (χ3n) is 3.85. The van der Waals surface area contributed by atoms with Crippen LogP contribution in [0.4, 0.5) is 4.39 Å². The lowest BCUT2D eigenvalue weighted by molar-refractivity contribution is -0.0349. The number of halogens is 1. The van der Waals surface area contributed by atoms with Gasteiger partial charge < -0.3 is 10.1 Å². The second-order valence-electron chi connectivity index (χ2n) is 4.75. The molecule has 0 bridgehead atoms. The minimum Gasteiger partial charge on any atom is -0.376 e. The van der Waals surface area contributed by atoms with Crippen LogP contribution in [0.3, 0.4) is 0 Å². The lowest BCUT2D eigenvalue weighted by Gasteiger charge is -2.36. The summed E-state index contributed by atoms with van der Waals surface area (Å²) in [6.45, 7) is 0. The molecule has 2 nitrogen and oxygen atoms in total. The van der Waals surface area contributed by atoms with Gasteiger partial charge in [0.25, 0.3) is 0 Å². The quantitative estimate of drug-likeness (QED) is 0.869. The molecule has 1 aliphatic rings. The highest BCUT2D eigenvalue weighted by Crippen LogP contribution is 2.42. The maximum atomic E-state index is 13.3. The molecule has 1 N–H and O–H groups in total. The topological polar surface area (TPSA) is 21.3 Å². The predicted molar refractivity (Wildman–Crippen MR) is 66.4 cm³/mol. The zero-order chi connectivity index (χ0) is 12.3. The smallest absolute Gasteiger partial charge is 0.123 e. The van der Waals surface area contributed by atoms with Gasteiger partial charge in [-0.05, 0) is 37.6 Å². The van der Waals surface area contributed by atoms with Crippen LogP contribution in [0.25, 0.3) is 0 Å². The Morgan fingerprint density at radius 2 is 2.06 bits per heavy atom. The fourth-order valence-corrected chi connectivity index (χ4v) is 3.00. The number of hydrogen-bond acceptors (Lipinski definition) is 2. The Balaban J connectivity index is 2.32. The largest absolute Gasteiger partial charge is 0.376 e. The molecule has 0 heterocycles. The van der Waals surface area contributed by atoms with E-state index in [-0.39, 0.29) is 17.5 Å². The first-order chi connectivity index (χ1) is 8.22. The predicted octanol–water partition coefficient (Wildman–Crippen LogP) is 3.05. The molecule has 0 amide bonds. The van der Waals surface area contributed by atoms with Crippen LogP contribution in [0.15, 0.2) is 24.3 Å². The van der Waals surface area contributed by atoms with E-state index in [0.717, 1.165) is 18.4 Å². The summed E-state index contributed by atoms with van der Waals surface area (Å²) in [7, 11) is 3.67. The number of benzene rings is 1. The molecule has 1 fully saturated rings. The molecule has 1 atom stereocenters. The Kier molecular flexibility index (Phi) is 3.79. The van der Waals surface area contributed by atoms with E-state index < -0.39 is 0 Å². The summed E-state index contributed by atoms with van der Waals surface area (Å²) in [6, 6.07) is 6.85. The molecule has 1 aromatic carbocycles. The van der Waals surface area contributed by atoms with Gasteiger partial charge in [-0.15, -0.1) is 0 Å². The van der Waals surface area contributed by atoms with Gasteiger partial charge in [0.05, 0.1) is 11.6 Å². The van der Waals surface area contributed by atoms with E-state index >= 15 is 0 Å². The van der Waals surface area contributed by atoms with Crippen LogP contribution < -0.4 is 5.32 Å². The molecule has 0 spiro atoms. The normalized spacial score (nSPS) is 20.4. The van der Waals surface area contributed by atoms with E-state index in [1.54, 1.807) is 19.2 Å². The molecule has 1 aliphatic carbocycles. The molecule has 0 aliphatic heterocycles. The summed E-state index contributed by atoms with van der Waals surface area (Å²) in [5, 5.41) is 3.29. The van der Waals surface area contributed by atoms with Crippen molar-refractivity contribution in [2.45, 2.75) is 37.3 Å². The average Bonchev–Trinajstić information content (AvgIpc) is 2.80. The van der Waals surface area contributed by atoms with Crippen LogP contribution in [-0.2, 0) is 4.74 Å². The Labute approximate surface area is 102 Å². The number of hydrogen-bond donors (Lipinski definition) is 1. The molecule has 17 heavy (non-hydrogen) atoms. The van der Waals surface area contributed by atoms with Gasteiger partial charge in [0.2, 0.25) is 0 Å². The van der Waals surface area contributed by atoms with E-state index in [0.29, 0.717) is 0 Å². The molecular formula is C14H20FNO. The van der Waals surface area contributed by atoms with Crippen LogP contribution in [0.2, 0.25) is 0 Å². The molecule has 0 aromatic heterocycles. The minimum absolute atomic E-state index is 0.0608. The van der Waals surface area contributed by atoms with Crippen molar-refractivity contribution in [3.63, 3.8) is 0 Å². The molecule has 0 radical (unpaired) electrons. The van der Waals surface area contributed by atoms with Crippen molar-refractivity contribution in [3.05, 3.63) is 35.6 Å². The number of rotatable bonds is 4. The Morgan fingerprint density at radius 1 is 1.35 bits per heavy atom. The van der Waals surface area contributed by atoms with Gasteiger partial charge in [-0.2, -0.15) is 0 Å². The second-order valence-corrected chi connectivity index (χ2v) is 4.75. The molecule has 1 saturated carbocycles. The number of ether oxygens (including phenoxy) is 1. The van der Waals surface area contributed by atoms with E-state index in [4.69, 9.17) is 4.74 Å². The van der Waals surface area contributed by atoms with Gasteiger partial charge in [0.15, 0.2) is 0 Å². The summed E-state index contributed by atoms with van der Waals surface area (Å²) in [4.78, 5) is 0. The first-order valence-corrected chi connectivity index (χ1v) is 6.20. The van der Waals surface area contributed by atoms with Crippen molar-refractivity contribution in [2.24, 2.45) is 0 Å². The molecular weight excluding hydrogens is 217 g/mol. The van der Waals surface area contributed by atoms with Crippen molar-refractivity contribution in [1.82, 2.24) is 5.32 Å². The molecule has 3 heteroatoms. The highest BCUT2D eigenvalue weighted by molar-refractivity contribution is 5.24. The minimum atomic E-state index is -0.188. The van der Waals surface area contributed by atoms with Crippen LogP contribution >= 0.6 is 0 Å². The van der Waals surface area contributed by atoms with Crippen molar-refractivity contribution in [1.29, 1.82) is 0 Å². The van der Waals surface area contributed by atoms with Gasteiger partial charge >= 0.3 is 0 Å². The maximum absolute atomic E-state index is 13.3. The molecule has 0 saturated heterocycles. The van der Waals surface area contributed by atoms with Crippen molar-refractivity contribution in [2.75, 3.05) is 14.2 Å². The Bertz CT molecular complexity index is 374. The van der Waals surface area contributed by atoms with E-state index in [2.05, 4.69) is 5.32 Å². The van der Waals surface area contributed by atoms with Crippen molar-refractivity contribution >= 4 is 0 Å². The van der Waals surface area contributed by atoms with Gasteiger partial charge in [0, 0.05) is 7.11 Å². The molecule has 1 aromatic rings. The molecule has 94 valence electrons. The van der Waals surface area contributed by atoms with E-state index in [1.807, 2.05) is 13.1 Å². The summed E-state index contributed by atoms with van der Waals surface area (Å²) in [5.41, 5.74) is 0.791. The van der Waals surface area contributed by atoms with Gasteiger partial charge in [-0.1, -0.05) is 25.0 Å². The van der Waals surface area contributed by atoms with E-state index in [1.165, 1.54) is 18.9 Å². The standard InChI is InChI=1S/C14H20FNO/c1-16-13(11-6-5-7-12(15)10-11)14(17-2)8-3-4-9-14/h5-7,10,13,16H,3-4,8-9H2,1-2H3. The third-order valence-corrected chi connectivity index (χ3v) is 3.85. The fourth-order valence-electron chi connectivity index (χ4n) is 3.00. The summed E-state index contributed by atoms with van der Waals surface area (Å²) < 4.78 is 19.1. The van der Waals surface area contributed by atoms with Crippen LogP contribution in [0, 0.1) is 5.82 Å². The Morgan fingerprint density at radius 3 is 2.59 bits per heavy atom. The van der Waals surface area contributed by atoms with Crippen LogP contribution in [0.1, 0.15) is 37.3 Å². The summed E-state index contributed by atoms with van der Waals surface area (Å²) in [6.07, 6.45) is 4.43. The maximum Gasteiger partial charge on any atom is 0.123 e. The molecule has 1 unspecified atom stereocenters. The van der Waals surface area contributed by atoms with Gasteiger partial charge in [-0.25, -0.2) is 4.39 Å². The van der Waals surface area contributed by atoms with E-state index in [9.17, 15) is 4.39 Å². The number of nitrogens with one attached hydrogen (secondary N) is 1. The summed E-state index contributed by atoms with van der Waals surface area (Å²) in [5.74, 6) is -0.188. The number of methoxy groups -OCH3 is 1. The van der Waals surface area contributed by atoms with Crippen molar-refractivity contribution in [3.8, 4) is 0 Å². The molecule has 2 rings (SSSR count). The third kappa shape index (κ3) is 2.35. The summed E-state index contributed by atoms with van der Waals surface area (Å²) >= 11 is 0. The first-order valence-electron chi connectivity index (χ1n) is 6.20. The SMILES string of the molecule is CNC(c1cccc(F)c1)C1(OC)CCCC1. The second kappa shape index (κ2) is 5.15. The monoisotopic (exact) mass is 237 g/mol. The van der Waals surface area contributed by atoms with Gasteiger partial charge in [0.1, 0.15) is 5.82 Å². The highest BCUT2D eigenvalue weighted by atomic mass is 19.1. The lowest BCUT2D eigenvalue weighted by atomic mass is 9.87. The fraction of sp³-hybridized carbons (Fsp3) is 0.571. The Hall–Kier alpha value is -0.930. The number of likely N-dealkylation sites (N-methyl/N-ethyl adjacent to an activating group) is 1. The zero-order valence-corrected chi connectivity index (χ0v) is 10.5. The van der Waals surface area contributed by atoms with Gasteiger partial charge in [-0.3, -0.25) is 0 Å². The first kappa shape index (κ1) is 12.5. The van der Waals surface area contributed by atoms with Crippen LogP contribution in [0.5, 0.6) is 0 Å². The van der Waals surface area contributed by atoms with Crippen LogP contribution in [-0.4, -0.2) is 19.8 Å². The lowest BCUT2D eigenvalue weighted by Crippen LogP contribution is -2.42. The zero-order valence-electron chi connectivity index (χ0n) is 10.5. The van der Waals surface area contributed by atoms with Crippen molar-refractivity contribution < 1.29 is 9.13 Å². The highest BCUT2D eigenvalue weighted by Gasteiger charge is 2.41.